The maximum Gasteiger partial charge on any atom is 0.275 e. The Morgan fingerprint density at radius 3 is 2.60 bits per heavy atom. The molecule has 1 aliphatic heterocycles. The number of allylic oxidation sites excluding steroid dienone is 2. The molecule has 6 heteroatoms. The van der Waals surface area contributed by atoms with Gasteiger partial charge in [-0.25, -0.2) is 0 Å². The number of nitro groups is 1. The third-order valence-corrected chi connectivity index (χ3v) is 5.07. The third kappa shape index (κ3) is 2.38. The first-order chi connectivity index (χ1) is 12.1. The summed E-state index contributed by atoms with van der Waals surface area (Å²) in [5, 5.41) is 26.3. The first-order valence-corrected chi connectivity index (χ1v) is 8.08. The van der Waals surface area contributed by atoms with Crippen molar-refractivity contribution in [1.29, 1.82) is 0 Å². The molecule has 0 aromatic heterocycles. The predicted molar refractivity (Wildman–Crippen MR) is 90.2 cm³/mol. The van der Waals surface area contributed by atoms with Gasteiger partial charge in [-0.3, -0.25) is 10.1 Å². The molecule has 4 rings (SSSR count). The molecule has 6 nitrogen and oxygen atoms in total. The standard InChI is InChI=1S/C19H16N2O4/c22-19(23)14-9-10-15(21(24)25)16-12-7-4-8-13(12)17(20-18(14)16)11-5-2-1-3-6-11/h1-7,9-10,12-13,17,20H,8H2,(H,22,23)/p-1/t12-,13+,17+/m0/s1. The predicted octanol–water partition coefficient (Wildman–Crippen LogP) is 2.78. The molecule has 0 spiro atoms. The summed E-state index contributed by atoms with van der Waals surface area (Å²) in [5.74, 6) is -1.43. The monoisotopic (exact) mass is 335 g/mol. The summed E-state index contributed by atoms with van der Waals surface area (Å²) in [6.45, 7) is 0. The molecule has 2 aromatic rings. The number of aromatic carboxylic acids is 1. The van der Waals surface area contributed by atoms with Gasteiger partial charge < -0.3 is 15.2 Å². The highest BCUT2D eigenvalue weighted by Crippen LogP contribution is 2.53. The number of nitro benzene ring substituents is 1. The maximum absolute atomic E-state index is 11.6. The number of carboxylic acids is 1. The largest absolute Gasteiger partial charge is 0.545 e. The highest BCUT2D eigenvalue weighted by atomic mass is 16.6. The molecule has 126 valence electrons. The van der Waals surface area contributed by atoms with Crippen LogP contribution in [0.15, 0.2) is 54.6 Å². The van der Waals surface area contributed by atoms with E-state index in [0.29, 0.717) is 11.3 Å². The van der Waals surface area contributed by atoms with E-state index < -0.39 is 10.9 Å². The fourth-order valence-electron chi connectivity index (χ4n) is 4.01. The van der Waals surface area contributed by atoms with Gasteiger partial charge in [0.15, 0.2) is 0 Å². The lowest BCUT2D eigenvalue weighted by Crippen LogP contribution is -2.33. The lowest BCUT2D eigenvalue weighted by Gasteiger charge is -2.38. The normalized spacial score (nSPS) is 23.4. The van der Waals surface area contributed by atoms with E-state index in [1.54, 1.807) is 0 Å². The molecule has 0 radical (unpaired) electrons. The smallest absolute Gasteiger partial charge is 0.275 e. The zero-order chi connectivity index (χ0) is 17.6. The Kier molecular flexibility index (Phi) is 3.53. The van der Waals surface area contributed by atoms with Crippen LogP contribution >= 0.6 is 0 Å². The van der Waals surface area contributed by atoms with Gasteiger partial charge in [-0.2, -0.15) is 0 Å². The fourth-order valence-corrected chi connectivity index (χ4v) is 4.01. The average molecular weight is 335 g/mol. The molecule has 2 aromatic carbocycles. The number of carbonyl (C=O) groups excluding carboxylic acids is 1. The van der Waals surface area contributed by atoms with E-state index >= 15 is 0 Å². The Morgan fingerprint density at radius 1 is 1.16 bits per heavy atom. The number of carboxylic acid groups (broad SMARTS) is 1. The van der Waals surface area contributed by atoms with Crippen molar-refractivity contribution in [3.8, 4) is 0 Å². The number of anilines is 1. The Morgan fingerprint density at radius 2 is 1.92 bits per heavy atom. The second kappa shape index (κ2) is 5.73. The van der Waals surface area contributed by atoms with Crippen LogP contribution in [0.2, 0.25) is 0 Å². The van der Waals surface area contributed by atoms with Gasteiger partial charge in [-0.1, -0.05) is 42.5 Å². The molecule has 2 aliphatic rings. The van der Waals surface area contributed by atoms with Crippen LogP contribution in [0, 0.1) is 16.0 Å². The highest BCUT2D eigenvalue weighted by Gasteiger charge is 2.42. The second-order valence-electron chi connectivity index (χ2n) is 6.35. The Hall–Kier alpha value is -3.15. The van der Waals surface area contributed by atoms with E-state index in [1.165, 1.54) is 12.1 Å². The summed E-state index contributed by atoms with van der Waals surface area (Å²) >= 11 is 0. The van der Waals surface area contributed by atoms with Crippen molar-refractivity contribution in [1.82, 2.24) is 0 Å². The maximum atomic E-state index is 11.6. The van der Waals surface area contributed by atoms with E-state index in [0.717, 1.165) is 12.0 Å². The molecule has 0 unspecified atom stereocenters. The van der Waals surface area contributed by atoms with Crippen molar-refractivity contribution in [3.05, 3.63) is 81.4 Å². The van der Waals surface area contributed by atoms with Gasteiger partial charge in [0.25, 0.3) is 5.69 Å². The molecule has 0 bridgehead atoms. The number of fused-ring (bicyclic) bond motifs is 3. The number of nitrogens with zero attached hydrogens (tertiary/aromatic N) is 1. The van der Waals surface area contributed by atoms with Gasteiger partial charge in [0.2, 0.25) is 0 Å². The van der Waals surface area contributed by atoms with Gasteiger partial charge in [0.05, 0.1) is 28.2 Å². The van der Waals surface area contributed by atoms with Gasteiger partial charge in [0.1, 0.15) is 0 Å². The molecular formula is C19H15N2O4-. The van der Waals surface area contributed by atoms with E-state index in [1.807, 2.05) is 42.5 Å². The minimum atomic E-state index is -1.34. The van der Waals surface area contributed by atoms with Crippen LogP contribution in [0.25, 0.3) is 0 Å². The van der Waals surface area contributed by atoms with Crippen molar-refractivity contribution in [3.63, 3.8) is 0 Å². The molecule has 1 N–H and O–H groups in total. The number of nitrogens with one attached hydrogen (secondary N) is 1. The van der Waals surface area contributed by atoms with Crippen molar-refractivity contribution in [2.24, 2.45) is 5.92 Å². The number of hydrogen-bond acceptors (Lipinski definition) is 5. The summed E-state index contributed by atoms with van der Waals surface area (Å²) in [6, 6.07) is 12.1. The number of carbonyl (C=O) groups is 1. The number of hydrogen-bond donors (Lipinski definition) is 1. The molecule has 0 saturated carbocycles. The van der Waals surface area contributed by atoms with Gasteiger partial charge in [-0.05, 0) is 24.0 Å². The quantitative estimate of drug-likeness (QED) is 0.529. The number of benzene rings is 2. The van der Waals surface area contributed by atoms with Crippen molar-refractivity contribution in [2.45, 2.75) is 18.4 Å². The third-order valence-electron chi connectivity index (χ3n) is 5.07. The van der Waals surface area contributed by atoms with E-state index in [4.69, 9.17) is 0 Å². The van der Waals surface area contributed by atoms with Crippen molar-refractivity contribution < 1.29 is 14.8 Å². The van der Waals surface area contributed by atoms with Gasteiger partial charge >= 0.3 is 0 Å². The first kappa shape index (κ1) is 15.4. The topological polar surface area (TPSA) is 95.3 Å². The van der Waals surface area contributed by atoms with E-state index in [2.05, 4.69) is 5.32 Å². The molecule has 25 heavy (non-hydrogen) atoms. The number of rotatable bonds is 3. The lowest BCUT2D eigenvalue weighted by molar-refractivity contribution is -0.385. The molecule has 1 aliphatic carbocycles. The van der Waals surface area contributed by atoms with Crippen molar-refractivity contribution >= 4 is 17.3 Å². The van der Waals surface area contributed by atoms with Crippen LogP contribution in [-0.2, 0) is 0 Å². The fraction of sp³-hybridized carbons (Fsp3) is 0.211. The minimum absolute atomic E-state index is 0.0414. The summed E-state index contributed by atoms with van der Waals surface area (Å²) in [4.78, 5) is 22.6. The molecule has 3 atom stereocenters. The summed E-state index contributed by atoms with van der Waals surface area (Å²) < 4.78 is 0. The van der Waals surface area contributed by atoms with Crippen molar-refractivity contribution in [2.75, 3.05) is 5.32 Å². The van der Waals surface area contributed by atoms with Crippen LogP contribution < -0.4 is 10.4 Å². The van der Waals surface area contributed by atoms with Crippen LogP contribution in [-0.4, -0.2) is 10.9 Å². The Labute approximate surface area is 144 Å². The lowest BCUT2D eigenvalue weighted by atomic mass is 9.75. The first-order valence-electron chi connectivity index (χ1n) is 8.08. The molecule has 0 saturated heterocycles. The van der Waals surface area contributed by atoms with Gasteiger partial charge in [-0.15, -0.1) is 0 Å². The molecule has 0 amide bonds. The van der Waals surface area contributed by atoms with Crippen LogP contribution in [0.1, 0.15) is 39.9 Å². The zero-order valence-electron chi connectivity index (χ0n) is 13.2. The SMILES string of the molecule is O=C([O-])c1ccc([N+](=O)[O-])c2c1N[C@H](c1ccccc1)[C@@H]1CC=C[C@H]21. The molecular weight excluding hydrogens is 320 g/mol. The van der Waals surface area contributed by atoms with Crippen LogP contribution in [0.5, 0.6) is 0 Å². The van der Waals surface area contributed by atoms with E-state index in [-0.39, 0.29) is 29.1 Å². The van der Waals surface area contributed by atoms with Crippen LogP contribution in [0.3, 0.4) is 0 Å². The molecule has 0 fully saturated rings. The average Bonchev–Trinajstić information content (AvgIpc) is 3.10. The Balaban J connectivity index is 1.93. The summed E-state index contributed by atoms with van der Waals surface area (Å²) in [7, 11) is 0. The Bertz CT molecular complexity index is 892. The van der Waals surface area contributed by atoms with Crippen LogP contribution in [0.4, 0.5) is 11.4 Å². The van der Waals surface area contributed by atoms with Gasteiger partial charge in [0, 0.05) is 17.5 Å². The molecule has 1 heterocycles. The zero-order valence-corrected chi connectivity index (χ0v) is 13.2. The minimum Gasteiger partial charge on any atom is -0.545 e. The summed E-state index contributed by atoms with van der Waals surface area (Å²) in [5.41, 5.74) is 1.68. The van der Waals surface area contributed by atoms with E-state index in [9.17, 15) is 20.0 Å². The summed E-state index contributed by atoms with van der Waals surface area (Å²) in [6.07, 6.45) is 4.74. The highest BCUT2D eigenvalue weighted by molar-refractivity contribution is 5.95. The second-order valence-corrected chi connectivity index (χ2v) is 6.35.